The second-order valence-corrected chi connectivity index (χ2v) is 9.98. The van der Waals surface area contributed by atoms with Crippen LogP contribution in [0, 0.1) is 0 Å². The average molecular weight is 515 g/mol. The summed E-state index contributed by atoms with van der Waals surface area (Å²) in [6, 6.07) is 16.3. The van der Waals surface area contributed by atoms with Gasteiger partial charge in [-0.1, -0.05) is 54.2 Å². The predicted octanol–water partition coefficient (Wildman–Crippen LogP) is 2.82. The number of urea groups is 1. The van der Waals surface area contributed by atoms with Gasteiger partial charge in [0.2, 0.25) is 5.91 Å². The van der Waals surface area contributed by atoms with Gasteiger partial charge >= 0.3 is 6.03 Å². The molecule has 0 aliphatic rings. The van der Waals surface area contributed by atoms with Gasteiger partial charge in [0.1, 0.15) is 11.8 Å². The minimum absolute atomic E-state index is 0.0102. The molecule has 0 saturated heterocycles. The lowest BCUT2D eigenvalue weighted by Crippen LogP contribution is -2.53. The van der Waals surface area contributed by atoms with E-state index in [2.05, 4.69) is 10.6 Å². The standard InChI is InChI=1S/C27H38N4O4S/c1-21(32)36-19-18-31(16-14-22-8-6-5-7-9-22)27(34)29-25(26(33)28-15-17-30(2)3)20-23-10-12-24(35-4)13-11-23/h5-13,25H,14-20H2,1-4H3,(H,28,33)(H,29,34). The normalized spacial score (nSPS) is 11.6. The lowest BCUT2D eigenvalue weighted by molar-refractivity contribution is -0.123. The molecule has 0 saturated carbocycles. The van der Waals surface area contributed by atoms with Gasteiger partial charge < -0.3 is 25.2 Å². The molecule has 9 heteroatoms. The lowest BCUT2D eigenvalue weighted by atomic mass is 10.0. The minimum atomic E-state index is -0.743. The molecule has 0 spiro atoms. The van der Waals surface area contributed by atoms with E-state index >= 15 is 0 Å². The van der Waals surface area contributed by atoms with Crippen molar-refractivity contribution in [3.63, 3.8) is 0 Å². The van der Waals surface area contributed by atoms with Crippen LogP contribution in [0.15, 0.2) is 54.6 Å². The summed E-state index contributed by atoms with van der Waals surface area (Å²) >= 11 is 1.19. The molecule has 0 aliphatic heterocycles. The van der Waals surface area contributed by atoms with Crippen molar-refractivity contribution in [1.82, 2.24) is 20.4 Å². The van der Waals surface area contributed by atoms with Crippen molar-refractivity contribution in [2.24, 2.45) is 0 Å². The summed E-state index contributed by atoms with van der Waals surface area (Å²) in [4.78, 5) is 41.5. The Hall–Kier alpha value is -3.04. The van der Waals surface area contributed by atoms with Gasteiger partial charge in [0.15, 0.2) is 5.12 Å². The Morgan fingerprint density at radius 2 is 1.64 bits per heavy atom. The highest BCUT2D eigenvalue weighted by Crippen LogP contribution is 2.13. The topological polar surface area (TPSA) is 91.0 Å². The van der Waals surface area contributed by atoms with E-state index in [0.29, 0.717) is 44.8 Å². The Kier molecular flexibility index (Phi) is 12.9. The van der Waals surface area contributed by atoms with Gasteiger partial charge in [-0.05, 0) is 43.8 Å². The van der Waals surface area contributed by atoms with Crippen molar-refractivity contribution < 1.29 is 19.1 Å². The zero-order chi connectivity index (χ0) is 26.3. The maximum atomic E-state index is 13.3. The molecule has 2 aromatic carbocycles. The number of benzene rings is 2. The van der Waals surface area contributed by atoms with Crippen LogP contribution >= 0.6 is 11.8 Å². The van der Waals surface area contributed by atoms with E-state index in [1.807, 2.05) is 73.6 Å². The summed E-state index contributed by atoms with van der Waals surface area (Å²) < 4.78 is 5.22. The van der Waals surface area contributed by atoms with E-state index in [0.717, 1.165) is 16.9 Å². The molecular weight excluding hydrogens is 476 g/mol. The molecule has 0 aromatic heterocycles. The number of amides is 3. The number of rotatable bonds is 14. The molecule has 8 nitrogen and oxygen atoms in total. The van der Waals surface area contributed by atoms with Crippen molar-refractivity contribution in [2.45, 2.75) is 25.8 Å². The molecule has 1 atom stereocenters. The summed E-state index contributed by atoms with van der Waals surface area (Å²) in [6.07, 6.45) is 1.02. The Labute approximate surface area is 218 Å². The van der Waals surface area contributed by atoms with Crippen molar-refractivity contribution in [2.75, 3.05) is 53.1 Å². The smallest absolute Gasteiger partial charge is 0.318 e. The molecule has 0 radical (unpaired) electrons. The molecular formula is C27H38N4O4S. The highest BCUT2D eigenvalue weighted by Gasteiger charge is 2.24. The number of nitrogens with zero attached hydrogens (tertiary/aromatic N) is 2. The Morgan fingerprint density at radius 1 is 0.944 bits per heavy atom. The van der Waals surface area contributed by atoms with Gasteiger partial charge in [-0.2, -0.15) is 0 Å². The molecule has 0 heterocycles. The molecule has 1 unspecified atom stereocenters. The molecule has 0 fully saturated rings. The first-order chi connectivity index (χ1) is 17.3. The number of carbonyl (C=O) groups excluding carboxylic acids is 3. The fraction of sp³-hybridized carbons (Fsp3) is 0.444. The Morgan fingerprint density at radius 3 is 2.25 bits per heavy atom. The van der Waals surface area contributed by atoms with E-state index in [-0.39, 0.29) is 17.1 Å². The second kappa shape index (κ2) is 15.9. The van der Waals surface area contributed by atoms with E-state index in [9.17, 15) is 14.4 Å². The summed E-state index contributed by atoms with van der Waals surface area (Å²) in [6.45, 7) is 3.57. The van der Waals surface area contributed by atoms with Gasteiger partial charge in [-0.15, -0.1) is 0 Å². The third kappa shape index (κ3) is 11.1. The predicted molar refractivity (Wildman–Crippen MR) is 145 cm³/mol. The fourth-order valence-electron chi connectivity index (χ4n) is 3.50. The first kappa shape index (κ1) is 29.2. The van der Waals surface area contributed by atoms with E-state index in [4.69, 9.17) is 4.74 Å². The van der Waals surface area contributed by atoms with Crippen LogP contribution in [0.1, 0.15) is 18.1 Å². The number of thioether (sulfide) groups is 1. The maximum Gasteiger partial charge on any atom is 0.318 e. The molecule has 2 aromatic rings. The number of hydrogen-bond acceptors (Lipinski definition) is 6. The summed E-state index contributed by atoms with van der Waals surface area (Å²) in [5.74, 6) is 0.988. The summed E-state index contributed by atoms with van der Waals surface area (Å²) in [5, 5.41) is 5.88. The summed E-state index contributed by atoms with van der Waals surface area (Å²) in [5.41, 5.74) is 2.03. The van der Waals surface area contributed by atoms with Crippen LogP contribution in [0.5, 0.6) is 5.75 Å². The third-order valence-electron chi connectivity index (χ3n) is 5.54. The number of hydrogen-bond donors (Lipinski definition) is 2. The van der Waals surface area contributed by atoms with Gasteiger partial charge in [0.05, 0.1) is 7.11 Å². The monoisotopic (exact) mass is 514 g/mol. The van der Waals surface area contributed by atoms with Crippen LogP contribution in [0.3, 0.4) is 0 Å². The number of likely N-dealkylation sites (N-methyl/N-ethyl adjacent to an activating group) is 1. The molecule has 196 valence electrons. The van der Waals surface area contributed by atoms with Crippen LogP contribution in [-0.2, 0) is 22.4 Å². The highest BCUT2D eigenvalue weighted by atomic mass is 32.2. The van der Waals surface area contributed by atoms with Crippen LogP contribution in [0.4, 0.5) is 4.79 Å². The minimum Gasteiger partial charge on any atom is -0.497 e. The van der Waals surface area contributed by atoms with Crippen molar-refractivity contribution in [3.8, 4) is 5.75 Å². The Bertz CT molecular complexity index is 954. The van der Waals surface area contributed by atoms with Gasteiger partial charge in [-0.3, -0.25) is 9.59 Å². The van der Waals surface area contributed by atoms with Crippen molar-refractivity contribution >= 4 is 28.8 Å². The molecule has 0 aliphatic carbocycles. The number of ether oxygens (including phenoxy) is 1. The van der Waals surface area contributed by atoms with Crippen LogP contribution < -0.4 is 15.4 Å². The van der Waals surface area contributed by atoms with Gasteiger partial charge in [0.25, 0.3) is 0 Å². The number of carbonyl (C=O) groups is 3. The van der Waals surface area contributed by atoms with Crippen LogP contribution in [0.25, 0.3) is 0 Å². The Balaban J connectivity index is 2.12. The number of nitrogens with one attached hydrogen (secondary N) is 2. The first-order valence-corrected chi connectivity index (χ1v) is 13.0. The lowest BCUT2D eigenvalue weighted by Gasteiger charge is -2.26. The highest BCUT2D eigenvalue weighted by molar-refractivity contribution is 8.13. The zero-order valence-electron chi connectivity index (χ0n) is 21.7. The van der Waals surface area contributed by atoms with Crippen molar-refractivity contribution in [3.05, 3.63) is 65.7 Å². The first-order valence-electron chi connectivity index (χ1n) is 12.1. The molecule has 0 bridgehead atoms. The van der Waals surface area contributed by atoms with Crippen LogP contribution in [0.2, 0.25) is 0 Å². The summed E-state index contributed by atoms with van der Waals surface area (Å²) in [7, 11) is 5.48. The quantitative estimate of drug-likeness (QED) is 0.403. The molecule has 36 heavy (non-hydrogen) atoms. The molecule has 2 N–H and O–H groups in total. The SMILES string of the molecule is COc1ccc(CC(NC(=O)N(CCSC(C)=O)CCc2ccccc2)C(=O)NCCN(C)C)cc1. The van der Waals surface area contributed by atoms with Gasteiger partial charge in [-0.25, -0.2) is 4.79 Å². The number of methoxy groups -OCH3 is 1. The zero-order valence-corrected chi connectivity index (χ0v) is 22.5. The van der Waals surface area contributed by atoms with E-state index in [1.54, 1.807) is 12.0 Å². The van der Waals surface area contributed by atoms with Crippen LogP contribution in [-0.4, -0.2) is 86.0 Å². The van der Waals surface area contributed by atoms with E-state index < -0.39 is 6.04 Å². The fourth-order valence-corrected chi connectivity index (χ4v) is 4.10. The third-order valence-corrected chi connectivity index (χ3v) is 6.33. The van der Waals surface area contributed by atoms with Gasteiger partial charge in [0, 0.05) is 45.3 Å². The maximum absolute atomic E-state index is 13.3. The second-order valence-electron chi connectivity index (χ2n) is 8.71. The molecule has 2 rings (SSSR count). The van der Waals surface area contributed by atoms with E-state index in [1.165, 1.54) is 18.7 Å². The average Bonchev–Trinajstić information content (AvgIpc) is 2.86. The molecule has 3 amide bonds. The largest absolute Gasteiger partial charge is 0.497 e. The van der Waals surface area contributed by atoms with Crippen molar-refractivity contribution in [1.29, 1.82) is 0 Å².